The second-order valence-corrected chi connectivity index (χ2v) is 9.61. The summed E-state index contributed by atoms with van der Waals surface area (Å²) in [5.74, 6) is 2.84. The number of ether oxygens (including phenoxy) is 1. The summed E-state index contributed by atoms with van der Waals surface area (Å²) >= 11 is 0. The van der Waals surface area contributed by atoms with Crippen molar-refractivity contribution in [3.05, 3.63) is 59.2 Å². The van der Waals surface area contributed by atoms with Gasteiger partial charge >= 0.3 is 0 Å². The first-order valence-electron chi connectivity index (χ1n) is 11.2. The summed E-state index contributed by atoms with van der Waals surface area (Å²) in [6.45, 7) is 2.28. The van der Waals surface area contributed by atoms with Crippen LogP contribution >= 0.6 is 0 Å². The van der Waals surface area contributed by atoms with Gasteiger partial charge in [0, 0.05) is 11.8 Å². The van der Waals surface area contributed by atoms with Gasteiger partial charge in [-0.2, -0.15) is 0 Å². The van der Waals surface area contributed by atoms with Crippen LogP contribution < -0.4 is 4.74 Å². The van der Waals surface area contributed by atoms with Gasteiger partial charge in [-0.25, -0.2) is 0 Å². The normalized spacial score (nSPS) is 35.0. The molecule has 3 aliphatic rings. The van der Waals surface area contributed by atoms with E-state index >= 15 is 0 Å². The van der Waals surface area contributed by atoms with Gasteiger partial charge in [-0.15, -0.1) is 0 Å². The number of para-hydroxylation sites is 1. The third kappa shape index (κ3) is 3.04. The fraction of sp³-hybridized carbons (Fsp3) is 0.500. The van der Waals surface area contributed by atoms with Gasteiger partial charge in [-0.1, -0.05) is 25.1 Å². The summed E-state index contributed by atoms with van der Waals surface area (Å²) < 4.78 is 5.43. The minimum Gasteiger partial charge on any atom is -0.507 e. The molecular weight excluding hydrogens is 374 g/mol. The van der Waals surface area contributed by atoms with Crippen molar-refractivity contribution in [1.29, 1.82) is 0 Å². The molecule has 2 saturated carbocycles. The fourth-order valence-electron chi connectivity index (χ4n) is 6.59. The molecule has 0 unspecified atom stereocenters. The van der Waals surface area contributed by atoms with Gasteiger partial charge in [0.15, 0.2) is 0 Å². The monoisotopic (exact) mass is 405 g/mol. The number of aliphatic imine (C=N–C) groups is 1. The number of aliphatic hydroxyl groups is 1. The molecule has 4 nitrogen and oxygen atoms in total. The quantitative estimate of drug-likeness (QED) is 0.727. The van der Waals surface area contributed by atoms with E-state index in [2.05, 4.69) is 25.1 Å². The Morgan fingerprint density at radius 1 is 1.17 bits per heavy atom. The number of nitrogens with zero attached hydrogens (tertiary/aromatic N) is 1. The molecule has 2 aromatic rings. The molecule has 0 spiro atoms. The van der Waals surface area contributed by atoms with Crippen LogP contribution in [0.2, 0.25) is 0 Å². The maximum atomic E-state index is 11.3. The Morgan fingerprint density at radius 3 is 2.80 bits per heavy atom. The number of phenolic OH excluding ortho intramolecular Hbond substituents is 1. The fourth-order valence-corrected chi connectivity index (χ4v) is 6.59. The van der Waals surface area contributed by atoms with Crippen molar-refractivity contribution in [2.24, 2.45) is 22.2 Å². The minimum absolute atomic E-state index is 0.0775. The van der Waals surface area contributed by atoms with Gasteiger partial charge in [-0.3, -0.25) is 4.99 Å². The highest BCUT2D eigenvalue weighted by atomic mass is 16.5. The third-order valence-corrected chi connectivity index (χ3v) is 8.25. The number of aliphatic hydroxyl groups excluding tert-OH is 1. The molecule has 2 fully saturated rings. The van der Waals surface area contributed by atoms with Crippen molar-refractivity contribution in [1.82, 2.24) is 0 Å². The van der Waals surface area contributed by atoms with Crippen molar-refractivity contribution in [3.63, 3.8) is 0 Å². The smallest absolute Gasteiger partial charge is 0.124 e. The summed E-state index contributed by atoms with van der Waals surface area (Å²) in [6.07, 6.45) is 6.66. The number of hydrogen-bond donors (Lipinski definition) is 2. The Bertz CT molecular complexity index is 971. The molecule has 0 amide bonds. The number of fused-ring (bicyclic) bond motifs is 5. The van der Waals surface area contributed by atoms with Gasteiger partial charge in [0.25, 0.3) is 0 Å². The SMILES string of the molecule is COc1ccc2c(c1)CC[C@@H]1[C@@H]2CC[C@]2(C)[C@@H](O)[C@H](N=Cc3ccccc3O)C[C@@H]12. The van der Waals surface area contributed by atoms with Gasteiger partial charge < -0.3 is 14.9 Å². The number of hydrogen-bond acceptors (Lipinski definition) is 4. The number of aryl methyl sites for hydroxylation is 1. The Morgan fingerprint density at radius 2 is 2.00 bits per heavy atom. The van der Waals surface area contributed by atoms with Gasteiger partial charge in [0.2, 0.25) is 0 Å². The van der Waals surface area contributed by atoms with Crippen LogP contribution in [0.4, 0.5) is 0 Å². The third-order valence-electron chi connectivity index (χ3n) is 8.25. The minimum atomic E-state index is -0.428. The van der Waals surface area contributed by atoms with Crippen LogP contribution in [0.3, 0.4) is 0 Å². The Balaban J connectivity index is 1.40. The van der Waals surface area contributed by atoms with Crippen molar-refractivity contribution in [2.75, 3.05) is 7.11 Å². The van der Waals surface area contributed by atoms with Crippen LogP contribution in [-0.4, -0.2) is 35.7 Å². The molecule has 0 aliphatic heterocycles. The summed E-state index contributed by atoms with van der Waals surface area (Å²) in [6, 6.07) is 13.7. The first kappa shape index (κ1) is 19.6. The molecule has 6 atom stereocenters. The van der Waals surface area contributed by atoms with E-state index in [4.69, 9.17) is 9.73 Å². The topological polar surface area (TPSA) is 62.0 Å². The number of aromatic hydroxyl groups is 1. The lowest BCUT2D eigenvalue weighted by molar-refractivity contribution is -0.0254. The van der Waals surface area contributed by atoms with E-state index in [1.54, 1.807) is 19.4 Å². The summed E-state index contributed by atoms with van der Waals surface area (Å²) in [7, 11) is 1.73. The Hall–Kier alpha value is -2.33. The number of rotatable bonds is 3. The first-order chi connectivity index (χ1) is 14.5. The van der Waals surface area contributed by atoms with E-state index in [-0.39, 0.29) is 17.2 Å². The zero-order chi connectivity index (χ0) is 20.9. The van der Waals surface area contributed by atoms with E-state index in [0.717, 1.165) is 31.4 Å². The van der Waals surface area contributed by atoms with Crippen LogP contribution in [0.15, 0.2) is 47.5 Å². The average molecular weight is 406 g/mol. The molecule has 0 aromatic heterocycles. The average Bonchev–Trinajstić information content (AvgIpc) is 3.03. The second kappa shape index (κ2) is 7.42. The lowest BCUT2D eigenvalue weighted by Gasteiger charge is -2.50. The number of methoxy groups -OCH3 is 1. The molecular formula is C26H31NO3. The van der Waals surface area contributed by atoms with E-state index in [9.17, 15) is 10.2 Å². The highest BCUT2D eigenvalue weighted by molar-refractivity contribution is 5.83. The number of benzene rings is 2. The largest absolute Gasteiger partial charge is 0.507 e. The van der Waals surface area contributed by atoms with Gasteiger partial charge in [0.05, 0.1) is 19.3 Å². The summed E-state index contributed by atoms with van der Waals surface area (Å²) in [5.41, 5.74) is 3.56. The summed E-state index contributed by atoms with van der Waals surface area (Å²) in [5, 5.41) is 21.3. The number of phenols is 1. The lowest BCUT2D eigenvalue weighted by Crippen LogP contribution is -2.44. The van der Waals surface area contributed by atoms with E-state index < -0.39 is 6.10 Å². The molecule has 2 aromatic carbocycles. The highest BCUT2D eigenvalue weighted by Crippen LogP contribution is 2.61. The van der Waals surface area contributed by atoms with Crippen LogP contribution in [-0.2, 0) is 6.42 Å². The second-order valence-electron chi connectivity index (χ2n) is 9.61. The lowest BCUT2D eigenvalue weighted by atomic mass is 9.55. The Labute approximate surface area is 178 Å². The molecule has 5 rings (SSSR count). The Kier molecular flexibility index (Phi) is 4.85. The van der Waals surface area contributed by atoms with Crippen LogP contribution in [0.1, 0.15) is 55.2 Å². The highest BCUT2D eigenvalue weighted by Gasteiger charge is 2.58. The van der Waals surface area contributed by atoms with E-state index in [1.165, 1.54) is 17.5 Å². The van der Waals surface area contributed by atoms with E-state index in [1.807, 2.05) is 18.2 Å². The maximum Gasteiger partial charge on any atom is 0.124 e. The predicted molar refractivity (Wildman–Crippen MR) is 118 cm³/mol. The molecule has 0 bridgehead atoms. The maximum absolute atomic E-state index is 11.3. The zero-order valence-electron chi connectivity index (χ0n) is 17.8. The first-order valence-corrected chi connectivity index (χ1v) is 11.2. The molecule has 2 N–H and O–H groups in total. The van der Waals surface area contributed by atoms with Crippen molar-refractivity contribution in [2.45, 2.75) is 57.1 Å². The molecule has 30 heavy (non-hydrogen) atoms. The molecule has 4 heteroatoms. The molecule has 0 radical (unpaired) electrons. The molecule has 0 saturated heterocycles. The predicted octanol–water partition coefficient (Wildman–Crippen LogP) is 4.72. The van der Waals surface area contributed by atoms with Gasteiger partial charge in [0.1, 0.15) is 11.5 Å². The molecule has 3 aliphatic carbocycles. The molecule has 0 heterocycles. The van der Waals surface area contributed by atoms with E-state index in [0.29, 0.717) is 23.3 Å². The van der Waals surface area contributed by atoms with Crippen LogP contribution in [0.5, 0.6) is 11.5 Å². The van der Waals surface area contributed by atoms with Gasteiger partial charge in [-0.05, 0) is 90.7 Å². The van der Waals surface area contributed by atoms with Crippen molar-refractivity contribution >= 4 is 6.21 Å². The summed E-state index contributed by atoms with van der Waals surface area (Å²) in [4.78, 5) is 4.76. The van der Waals surface area contributed by atoms with Crippen molar-refractivity contribution in [3.8, 4) is 11.5 Å². The standard InChI is InChI=1S/C26H31NO3/c1-26-12-11-20-19-10-8-18(30-2)13-16(19)7-9-21(20)22(26)14-23(25(26)29)27-15-17-5-3-4-6-24(17)28/h3-6,8,10,13,15,20-23,25,28-29H,7,9,11-12,14H2,1-2H3/t20-,21-,22+,23-,25+,26+/m1/s1. The van der Waals surface area contributed by atoms with Crippen LogP contribution in [0.25, 0.3) is 0 Å². The molecule has 158 valence electrons. The van der Waals surface area contributed by atoms with Crippen LogP contribution in [0, 0.1) is 17.3 Å². The zero-order valence-corrected chi connectivity index (χ0v) is 17.8. The van der Waals surface area contributed by atoms with Crippen molar-refractivity contribution < 1.29 is 14.9 Å².